The van der Waals surface area contributed by atoms with Gasteiger partial charge in [-0.1, -0.05) is 23.9 Å². The molecule has 0 heterocycles. The van der Waals surface area contributed by atoms with Gasteiger partial charge in [0.05, 0.1) is 12.5 Å². The second-order valence-electron chi connectivity index (χ2n) is 3.61. The molecule has 0 bridgehead atoms. The molecule has 2 nitrogen and oxygen atoms in total. The monoisotopic (exact) mass is 209 g/mol. The van der Waals surface area contributed by atoms with Crippen molar-refractivity contribution in [1.29, 1.82) is 0 Å². The van der Waals surface area contributed by atoms with Crippen molar-refractivity contribution in [3.63, 3.8) is 0 Å². The molecule has 1 fully saturated rings. The quantitative estimate of drug-likeness (QED) is 0.350. The maximum atomic E-state index is 5.80. The van der Waals surface area contributed by atoms with Crippen molar-refractivity contribution in [2.45, 2.75) is 17.7 Å². The number of para-hydroxylation sites is 1. The maximum absolute atomic E-state index is 5.80. The van der Waals surface area contributed by atoms with E-state index in [-0.39, 0.29) is 0 Å². The summed E-state index contributed by atoms with van der Waals surface area (Å²) in [6.07, 6.45) is 2.69. The van der Waals surface area contributed by atoms with Gasteiger partial charge < -0.3 is 10.5 Å². The van der Waals surface area contributed by atoms with E-state index < -0.39 is 0 Å². The first-order chi connectivity index (χ1) is 6.86. The van der Waals surface area contributed by atoms with Crippen molar-refractivity contribution in [2.24, 2.45) is 5.92 Å². The fourth-order valence-electron chi connectivity index (χ4n) is 1.22. The van der Waals surface area contributed by atoms with Gasteiger partial charge in [0.25, 0.3) is 0 Å². The van der Waals surface area contributed by atoms with Crippen molar-refractivity contribution in [3.05, 3.63) is 24.3 Å². The first-order valence-electron chi connectivity index (χ1n) is 4.91. The Hall–Kier alpha value is -0.670. The Bertz CT molecular complexity index is 299. The topological polar surface area (TPSA) is 35.2 Å². The zero-order valence-electron chi connectivity index (χ0n) is 8.11. The highest BCUT2D eigenvalue weighted by atomic mass is 32.2. The molecular formula is C11H15NOS. The van der Waals surface area contributed by atoms with E-state index >= 15 is 0 Å². The molecule has 14 heavy (non-hydrogen) atoms. The Morgan fingerprint density at radius 3 is 2.86 bits per heavy atom. The molecule has 2 rings (SSSR count). The third kappa shape index (κ3) is 2.93. The molecule has 0 radical (unpaired) electrons. The van der Waals surface area contributed by atoms with E-state index in [1.165, 1.54) is 12.8 Å². The summed E-state index contributed by atoms with van der Waals surface area (Å²) < 4.78 is 5.52. The van der Waals surface area contributed by atoms with Gasteiger partial charge in [-0.15, -0.1) is 0 Å². The second kappa shape index (κ2) is 4.71. The average molecular weight is 209 g/mol. The SMILES string of the molecule is Nc1ccccc1SCOCC1CC1. The zero-order chi connectivity index (χ0) is 9.80. The molecule has 1 aromatic carbocycles. The largest absolute Gasteiger partial charge is 0.398 e. The third-order valence-electron chi connectivity index (χ3n) is 2.27. The molecule has 1 aromatic rings. The van der Waals surface area contributed by atoms with Gasteiger partial charge in [0.1, 0.15) is 0 Å². The number of rotatable bonds is 5. The highest BCUT2D eigenvalue weighted by molar-refractivity contribution is 7.99. The number of ether oxygens (including phenoxy) is 1. The van der Waals surface area contributed by atoms with Crippen LogP contribution in [0.3, 0.4) is 0 Å². The lowest BCUT2D eigenvalue weighted by Gasteiger charge is -2.05. The highest BCUT2D eigenvalue weighted by Crippen LogP contribution is 2.30. The van der Waals surface area contributed by atoms with Gasteiger partial charge in [-0.05, 0) is 30.9 Å². The van der Waals surface area contributed by atoms with E-state index in [9.17, 15) is 0 Å². The summed E-state index contributed by atoms with van der Waals surface area (Å²) in [6, 6.07) is 7.90. The molecule has 1 aliphatic rings. The summed E-state index contributed by atoms with van der Waals surface area (Å²) in [5.41, 5.74) is 6.64. The molecule has 2 N–H and O–H groups in total. The number of nitrogens with two attached hydrogens (primary N) is 1. The van der Waals surface area contributed by atoms with Gasteiger partial charge in [0, 0.05) is 10.6 Å². The number of nitrogen functional groups attached to an aromatic ring is 1. The van der Waals surface area contributed by atoms with Crippen molar-refractivity contribution < 1.29 is 4.74 Å². The Morgan fingerprint density at radius 2 is 2.14 bits per heavy atom. The lowest BCUT2D eigenvalue weighted by Crippen LogP contribution is -1.96. The number of anilines is 1. The Morgan fingerprint density at radius 1 is 1.36 bits per heavy atom. The van der Waals surface area contributed by atoms with Crippen LogP contribution in [0.4, 0.5) is 5.69 Å². The molecule has 0 unspecified atom stereocenters. The molecule has 1 aliphatic carbocycles. The predicted molar refractivity (Wildman–Crippen MR) is 60.3 cm³/mol. The van der Waals surface area contributed by atoms with Crippen LogP contribution in [0.25, 0.3) is 0 Å². The minimum Gasteiger partial charge on any atom is -0.398 e. The smallest absolute Gasteiger partial charge is 0.0967 e. The van der Waals surface area contributed by atoms with E-state index in [1.54, 1.807) is 11.8 Å². The van der Waals surface area contributed by atoms with Gasteiger partial charge in [-0.2, -0.15) is 0 Å². The second-order valence-corrected chi connectivity index (χ2v) is 4.58. The van der Waals surface area contributed by atoms with E-state index in [1.807, 2.05) is 24.3 Å². The summed E-state index contributed by atoms with van der Waals surface area (Å²) in [6.45, 7) is 0.916. The van der Waals surface area contributed by atoms with Crippen LogP contribution in [0, 0.1) is 5.92 Å². The fraction of sp³-hybridized carbons (Fsp3) is 0.455. The van der Waals surface area contributed by atoms with Gasteiger partial charge in [-0.3, -0.25) is 0 Å². The van der Waals surface area contributed by atoms with Gasteiger partial charge in [0.15, 0.2) is 0 Å². The Kier molecular flexibility index (Phi) is 3.32. The summed E-state index contributed by atoms with van der Waals surface area (Å²) in [5, 5.41) is 0. The van der Waals surface area contributed by atoms with Crippen molar-refractivity contribution in [2.75, 3.05) is 18.3 Å². The number of thioether (sulfide) groups is 1. The number of hydrogen-bond acceptors (Lipinski definition) is 3. The minimum absolute atomic E-state index is 0.713. The molecule has 76 valence electrons. The van der Waals surface area contributed by atoms with Crippen molar-refractivity contribution in [3.8, 4) is 0 Å². The van der Waals surface area contributed by atoms with Gasteiger partial charge in [-0.25, -0.2) is 0 Å². The predicted octanol–water partition coefficient (Wildman–Crippen LogP) is 2.75. The lowest BCUT2D eigenvalue weighted by molar-refractivity contribution is 0.171. The van der Waals surface area contributed by atoms with Crippen LogP contribution in [0.2, 0.25) is 0 Å². The summed E-state index contributed by atoms with van der Waals surface area (Å²) >= 11 is 1.67. The summed E-state index contributed by atoms with van der Waals surface area (Å²) in [4.78, 5) is 1.11. The Labute approximate surface area is 88.8 Å². The molecule has 0 amide bonds. The zero-order valence-corrected chi connectivity index (χ0v) is 8.93. The van der Waals surface area contributed by atoms with Crippen LogP contribution in [0.1, 0.15) is 12.8 Å². The maximum Gasteiger partial charge on any atom is 0.0967 e. The molecule has 1 saturated carbocycles. The Balaban J connectivity index is 1.71. The van der Waals surface area contributed by atoms with E-state index in [4.69, 9.17) is 10.5 Å². The first kappa shape index (κ1) is 9.87. The van der Waals surface area contributed by atoms with Crippen LogP contribution in [-0.2, 0) is 4.74 Å². The van der Waals surface area contributed by atoms with E-state index in [0.29, 0.717) is 5.94 Å². The van der Waals surface area contributed by atoms with E-state index in [2.05, 4.69) is 0 Å². The van der Waals surface area contributed by atoms with E-state index in [0.717, 1.165) is 23.1 Å². The van der Waals surface area contributed by atoms with Crippen molar-refractivity contribution >= 4 is 17.4 Å². The highest BCUT2D eigenvalue weighted by Gasteiger charge is 2.20. The molecule has 0 aliphatic heterocycles. The molecule has 0 aromatic heterocycles. The molecule has 0 spiro atoms. The van der Waals surface area contributed by atoms with Crippen LogP contribution in [-0.4, -0.2) is 12.5 Å². The van der Waals surface area contributed by atoms with Crippen LogP contribution in [0.15, 0.2) is 29.2 Å². The minimum atomic E-state index is 0.713. The molecule has 0 saturated heterocycles. The lowest BCUT2D eigenvalue weighted by atomic mass is 10.3. The first-order valence-corrected chi connectivity index (χ1v) is 5.90. The normalized spacial score (nSPS) is 15.7. The van der Waals surface area contributed by atoms with Crippen LogP contribution < -0.4 is 5.73 Å². The summed E-state index contributed by atoms with van der Waals surface area (Å²) in [5.74, 6) is 1.55. The fourth-order valence-corrected chi connectivity index (χ4v) is 1.93. The van der Waals surface area contributed by atoms with Crippen LogP contribution >= 0.6 is 11.8 Å². The third-order valence-corrected chi connectivity index (χ3v) is 3.23. The number of benzene rings is 1. The average Bonchev–Trinajstić information content (AvgIpc) is 2.99. The summed E-state index contributed by atoms with van der Waals surface area (Å²) in [7, 11) is 0. The molecule has 0 atom stereocenters. The molecular weight excluding hydrogens is 194 g/mol. The van der Waals surface area contributed by atoms with Gasteiger partial charge >= 0.3 is 0 Å². The van der Waals surface area contributed by atoms with Crippen LogP contribution in [0.5, 0.6) is 0 Å². The molecule has 3 heteroatoms. The number of hydrogen-bond donors (Lipinski definition) is 1. The standard InChI is InChI=1S/C11H15NOS/c12-10-3-1-2-4-11(10)14-8-13-7-9-5-6-9/h1-4,9H,5-8,12H2. The van der Waals surface area contributed by atoms with Crippen molar-refractivity contribution in [1.82, 2.24) is 0 Å². The van der Waals surface area contributed by atoms with Gasteiger partial charge in [0.2, 0.25) is 0 Å².